The van der Waals surface area contributed by atoms with Crippen molar-refractivity contribution in [3.8, 4) is 0 Å². The highest BCUT2D eigenvalue weighted by molar-refractivity contribution is 5.92. The van der Waals surface area contributed by atoms with Gasteiger partial charge in [0.15, 0.2) is 0 Å². The fourth-order valence-corrected chi connectivity index (χ4v) is 2.15. The summed E-state index contributed by atoms with van der Waals surface area (Å²) in [4.78, 5) is 16.8. The van der Waals surface area contributed by atoms with E-state index >= 15 is 0 Å². The van der Waals surface area contributed by atoms with E-state index in [1.807, 2.05) is 42.9 Å². The predicted octanol–water partition coefficient (Wildman–Crippen LogP) is 2.96. The largest absolute Gasteiger partial charge is 0.342 e. The first-order valence-electron chi connectivity index (χ1n) is 7.33. The van der Waals surface area contributed by atoms with Gasteiger partial charge in [0, 0.05) is 18.3 Å². The number of aromatic nitrogens is 4. The van der Waals surface area contributed by atoms with E-state index in [2.05, 4.69) is 34.3 Å². The molecular formula is C15H23N5O. The van der Waals surface area contributed by atoms with Crippen LogP contribution in [0.25, 0.3) is 0 Å². The van der Waals surface area contributed by atoms with E-state index < -0.39 is 0 Å². The van der Waals surface area contributed by atoms with E-state index in [0.717, 1.165) is 12.2 Å². The molecule has 2 aromatic heterocycles. The minimum absolute atomic E-state index is 0.0887. The Kier molecular flexibility index (Phi) is 4.77. The lowest BCUT2D eigenvalue weighted by Gasteiger charge is -2.19. The minimum Gasteiger partial charge on any atom is -0.342 e. The van der Waals surface area contributed by atoms with E-state index in [0.29, 0.717) is 11.9 Å². The van der Waals surface area contributed by atoms with Gasteiger partial charge in [0.2, 0.25) is 11.9 Å². The van der Waals surface area contributed by atoms with Crippen LogP contribution in [0, 0.1) is 5.92 Å². The summed E-state index contributed by atoms with van der Waals surface area (Å²) < 4.78 is 1.92. The normalized spacial score (nSPS) is 12.9. The Hall–Kier alpha value is -2.11. The number of aromatic amines is 1. The number of nitrogens with one attached hydrogen (secondary N) is 2. The summed E-state index contributed by atoms with van der Waals surface area (Å²) in [7, 11) is 0. The molecule has 2 rings (SSSR count). The molecule has 2 N–H and O–H groups in total. The van der Waals surface area contributed by atoms with Gasteiger partial charge in [-0.25, -0.2) is 0 Å². The number of anilines is 1. The monoisotopic (exact) mass is 289 g/mol. The summed E-state index contributed by atoms with van der Waals surface area (Å²) in [6.07, 6.45) is 4.58. The number of nitrogens with zero attached hydrogens (tertiary/aromatic N) is 3. The Morgan fingerprint density at radius 1 is 1.29 bits per heavy atom. The van der Waals surface area contributed by atoms with Crippen molar-refractivity contribution in [2.75, 3.05) is 5.32 Å². The van der Waals surface area contributed by atoms with E-state index in [1.54, 1.807) is 0 Å². The van der Waals surface area contributed by atoms with Crippen LogP contribution in [0.4, 0.5) is 5.95 Å². The number of H-pyrrole nitrogens is 1. The zero-order chi connectivity index (χ0) is 15.4. The van der Waals surface area contributed by atoms with Crippen LogP contribution in [0.1, 0.15) is 51.9 Å². The van der Waals surface area contributed by atoms with Crippen molar-refractivity contribution in [3.05, 3.63) is 30.4 Å². The molecule has 0 aliphatic heterocycles. The molecular weight excluding hydrogens is 266 g/mol. The molecule has 0 saturated carbocycles. The summed E-state index contributed by atoms with van der Waals surface area (Å²) in [5, 5.41) is 9.68. The van der Waals surface area contributed by atoms with Crippen LogP contribution in [0.2, 0.25) is 0 Å². The van der Waals surface area contributed by atoms with Gasteiger partial charge in [-0.15, -0.1) is 5.10 Å². The summed E-state index contributed by atoms with van der Waals surface area (Å²) in [5.41, 5.74) is 0. The molecule has 21 heavy (non-hydrogen) atoms. The first-order chi connectivity index (χ1) is 9.97. The summed E-state index contributed by atoms with van der Waals surface area (Å²) >= 11 is 0. The van der Waals surface area contributed by atoms with Crippen LogP contribution in [-0.4, -0.2) is 25.7 Å². The Morgan fingerprint density at radius 2 is 1.95 bits per heavy atom. The summed E-state index contributed by atoms with van der Waals surface area (Å²) in [5.74, 6) is 1.69. The van der Waals surface area contributed by atoms with Gasteiger partial charge in [0.1, 0.15) is 11.9 Å². The third-order valence-electron chi connectivity index (χ3n) is 3.27. The van der Waals surface area contributed by atoms with E-state index in [9.17, 15) is 4.79 Å². The molecule has 6 heteroatoms. The second-order valence-corrected chi connectivity index (χ2v) is 5.96. The Labute approximate surface area is 125 Å². The highest BCUT2D eigenvalue weighted by Crippen LogP contribution is 2.20. The fourth-order valence-electron chi connectivity index (χ4n) is 2.15. The van der Waals surface area contributed by atoms with Crippen LogP contribution in [0.5, 0.6) is 0 Å². The van der Waals surface area contributed by atoms with Gasteiger partial charge in [0.05, 0.1) is 0 Å². The highest BCUT2D eigenvalue weighted by Gasteiger charge is 2.22. The van der Waals surface area contributed by atoms with Crippen molar-refractivity contribution in [2.45, 2.75) is 46.1 Å². The lowest BCUT2D eigenvalue weighted by molar-refractivity contribution is -0.119. The number of amides is 1. The van der Waals surface area contributed by atoms with Gasteiger partial charge < -0.3 is 4.57 Å². The maximum Gasteiger partial charge on any atom is 0.249 e. The molecule has 1 amide bonds. The molecule has 2 aromatic rings. The molecule has 0 aromatic carbocycles. The molecule has 1 unspecified atom stereocenters. The predicted molar refractivity (Wildman–Crippen MR) is 82.0 cm³/mol. The molecule has 0 spiro atoms. The van der Waals surface area contributed by atoms with Crippen molar-refractivity contribution in [1.29, 1.82) is 0 Å². The Bertz CT molecular complexity index is 571. The molecule has 0 aliphatic rings. The van der Waals surface area contributed by atoms with Gasteiger partial charge in [-0.05, 0) is 24.5 Å². The second kappa shape index (κ2) is 6.56. The quantitative estimate of drug-likeness (QED) is 0.858. The molecule has 0 radical (unpaired) electrons. The number of carbonyl (C=O) groups excluding carboxylic acids is 1. The first-order valence-corrected chi connectivity index (χ1v) is 7.33. The van der Waals surface area contributed by atoms with Crippen molar-refractivity contribution in [3.63, 3.8) is 0 Å². The van der Waals surface area contributed by atoms with Gasteiger partial charge in [-0.1, -0.05) is 27.7 Å². The van der Waals surface area contributed by atoms with E-state index in [1.165, 1.54) is 0 Å². The maximum atomic E-state index is 12.5. The van der Waals surface area contributed by atoms with Crippen molar-refractivity contribution < 1.29 is 4.79 Å². The number of hydrogen-bond acceptors (Lipinski definition) is 3. The molecule has 0 bridgehead atoms. The molecule has 0 saturated heterocycles. The summed E-state index contributed by atoms with van der Waals surface area (Å²) in [6.45, 7) is 8.25. The van der Waals surface area contributed by atoms with Gasteiger partial charge in [-0.2, -0.15) is 4.98 Å². The van der Waals surface area contributed by atoms with Crippen LogP contribution in [0.3, 0.4) is 0 Å². The first kappa shape index (κ1) is 15.3. The standard InChI is InChI=1S/C15H23N5O/c1-10(2)9-12(20-7-5-6-8-20)14(21)17-15-16-13(11(3)4)18-19-15/h5-8,10-12H,9H2,1-4H3,(H2,16,17,18,19,21). The van der Waals surface area contributed by atoms with E-state index in [4.69, 9.17) is 0 Å². The second-order valence-electron chi connectivity index (χ2n) is 5.96. The van der Waals surface area contributed by atoms with Crippen molar-refractivity contribution in [1.82, 2.24) is 19.7 Å². The average Bonchev–Trinajstić information content (AvgIpc) is 3.06. The lowest BCUT2D eigenvalue weighted by atomic mass is 10.0. The molecule has 1 atom stereocenters. The molecule has 6 nitrogen and oxygen atoms in total. The van der Waals surface area contributed by atoms with Crippen LogP contribution >= 0.6 is 0 Å². The maximum absolute atomic E-state index is 12.5. The third-order valence-corrected chi connectivity index (χ3v) is 3.27. The number of hydrogen-bond donors (Lipinski definition) is 2. The number of rotatable bonds is 6. The molecule has 0 fully saturated rings. The van der Waals surface area contributed by atoms with Crippen LogP contribution in [-0.2, 0) is 4.79 Å². The van der Waals surface area contributed by atoms with Crippen LogP contribution in [0.15, 0.2) is 24.5 Å². The zero-order valence-corrected chi connectivity index (χ0v) is 13.0. The minimum atomic E-state index is -0.249. The Balaban J connectivity index is 2.10. The fraction of sp³-hybridized carbons (Fsp3) is 0.533. The van der Waals surface area contributed by atoms with Crippen LogP contribution < -0.4 is 5.32 Å². The lowest BCUT2D eigenvalue weighted by Crippen LogP contribution is -2.27. The SMILES string of the molecule is CC(C)CC(C(=O)Nc1n[nH]c(C(C)C)n1)n1cccc1. The average molecular weight is 289 g/mol. The molecule has 0 aliphatic carbocycles. The van der Waals surface area contributed by atoms with Gasteiger partial charge >= 0.3 is 0 Å². The number of carbonyl (C=O) groups is 1. The van der Waals surface area contributed by atoms with Gasteiger partial charge in [0.25, 0.3) is 0 Å². The van der Waals surface area contributed by atoms with E-state index in [-0.39, 0.29) is 17.9 Å². The molecule has 114 valence electrons. The topological polar surface area (TPSA) is 75.6 Å². The smallest absolute Gasteiger partial charge is 0.249 e. The third kappa shape index (κ3) is 3.93. The zero-order valence-electron chi connectivity index (χ0n) is 13.0. The molecule has 2 heterocycles. The van der Waals surface area contributed by atoms with Crippen molar-refractivity contribution in [2.24, 2.45) is 5.92 Å². The summed E-state index contributed by atoms with van der Waals surface area (Å²) in [6, 6.07) is 3.59. The highest BCUT2D eigenvalue weighted by atomic mass is 16.2. The van der Waals surface area contributed by atoms with Crippen molar-refractivity contribution >= 4 is 11.9 Å². The Morgan fingerprint density at radius 3 is 2.48 bits per heavy atom. The van der Waals surface area contributed by atoms with Gasteiger partial charge in [-0.3, -0.25) is 15.2 Å².